The molecule has 2 bridgehead atoms. The topological polar surface area (TPSA) is 41.2 Å². The summed E-state index contributed by atoms with van der Waals surface area (Å²) in [5.41, 5.74) is 0.864. The van der Waals surface area contributed by atoms with Crippen LogP contribution in [0.25, 0.3) is 11.4 Å². The van der Waals surface area contributed by atoms with Crippen LogP contribution in [0, 0.1) is 4.77 Å². The molecule has 0 aliphatic carbocycles. The van der Waals surface area contributed by atoms with Crippen molar-refractivity contribution >= 4 is 23.8 Å². The van der Waals surface area contributed by atoms with Crippen molar-refractivity contribution in [1.29, 1.82) is 0 Å². The fourth-order valence-electron chi connectivity index (χ4n) is 3.37. The van der Waals surface area contributed by atoms with E-state index in [0.717, 1.165) is 24.2 Å². The molecule has 5 nitrogen and oxygen atoms in total. The molecule has 2 fully saturated rings. The summed E-state index contributed by atoms with van der Waals surface area (Å²) in [4.78, 5) is 0. The van der Waals surface area contributed by atoms with Crippen LogP contribution in [0.5, 0.6) is 0 Å². The summed E-state index contributed by atoms with van der Waals surface area (Å²) in [6.45, 7) is 5.00. The van der Waals surface area contributed by atoms with Gasteiger partial charge in [-0.25, -0.2) is 4.68 Å². The van der Waals surface area contributed by atoms with E-state index in [9.17, 15) is 0 Å². The largest absolute Gasteiger partial charge is 0.350 e. The van der Waals surface area contributed by atoms with Gasteiger partial charge in [0, 0.05) is 18.5 Å². The predicted octanol–water partition coefficient (Wildman–Crippen LogP) is 4.00. The number of hydrogen-bond donors (Lipinski definition) is 0. The van der Waals surface area contributed by atoms with Gasteiger partial charge in [-0.3, -0.25) is 4.57 Å². The summed E-state index contributed by atoms with van der Waals surface area (Å²) >= 11 is 12.1. The van der Waals surface area contributed by atoms with Crippen molar-refractivity contribution in [2.45, 2.75) is 37.8 Å². The lowest BCUT2D eigenvalue weighted by molar-refractivity contribution is -0.0974. The molecule has 3 heterocycles. The van der Waals surface area contributed by atoms with Crippen LogP contribution in [0.3, 0.4) is 0 Å². The molecule has 24 heavy (non-hydrogen) atoms. The second-order valence-corrected chi connectivity index (χ2v) is 6.78. The molecule has 2 aliphatic heterocycles. The van der Waals surface area contributed by atoms with E-state index < -0.39 is 0 Å². The molecule has 0 N–H and O–H groups in total. The monoisotopic (exact) mass is 363 g/mol. The minimum Gasteiger partial charge on any atom is -0.350 e. The van der Waals surface area contributed by atoms with Gasteiger partial charge in [0.15, 0.2) is 16.9 Å². The molecule has 0 amide bonds. The smallest absolute Gasteiger partial charge is 0.198 e. The number of aromatic nitrogens is 3. The van der Waals surface area contributed by atoms with Crippen molar-refractivity contribution in [3.8, 4) is 11.4 Å². The Labute approximate surface area is 150 Å². The van der Waals surface area contributed by atoms with Crippen LogP contribution in [0.4, 0.5) is 0 Å². The van der Waals surface area contributed by atoms with E-state index in [-0.39, 0.29) is 18.4 Å². The normalized spacial score (nSPS) is 25.8. The molecule has 1 aromatic carbocycles. The molecule has 2 aromatic rings. The average molecular weight is 364 g/mol. The zero-order chi connectivity index (χ0) is 16.7. The van der Waals surface area contributed by atoms with E-state index in [1.54, 1.807) is 0 Å². The highest BCUT2D eigenvalue weighted by atomic mass is 35.5. The Hall–Kier alpha value is -1.47. The van der Waals surface area contributed by atoms with Crippen molar-refractivity contribution in [2.24, 2.45) is 0 Å². The second-order valence-electron chi connectivity index (χ2n) is 6.01. The first-order chi connectivity index (χ1) is 11.7. The number of ether oxygens (including phenoxy) is 2. The first kappa shape index (κ1) is 16.0. The number of allylic oxidation sites excluding steroid dienone is 1. The first-order valence-electron chi connectivity index (χ1n) is 8.01. The number of fused-ring (bicyclic) bond motifs is 2. The first-order valence-corrected chi connectivity index (χ1v) is 8.80. The summed E-state index contributed by atoms with van der Waals surface area (Å²) < 4.78 is 16.0. The summed E-state index contributed by atoms with van der Waals surface area (Å²) in [5.74, 6) is 0.756. The lowest BCUT2D eigenvalue weighted by Gasteiger charge is -2.27. The summed E-state index contributed by atoms with van der Waals surface area (Å²) in [6, 6.07) is 7.75. The minimum atomic E-state index is -0.0706. The van der Waals surface area contributed by atoms with Crippen molar-refractivity contribution in [3.05, 3.63) is 46.7 Å². The standard InChI is InChI=1S/C17H18ClN3O2S/c1-2-9-20-16(11-5-3-4-6-12(11)18)19-21(17(20)24)13-7-8-15-22-10-14(13)23-15/h2-6,13-15H,1,7-10H2/t13-,14-,15-/m1/s1. The summed E-state index contributed by atoms with van der Waals surface area (Å²) in [6.07, 6.45) is 3.55. The van der Waals surface area contributed by atoms with E-state index in [1.807, 2.05) is 39.6 Å². The fraction of sp³-hybridized carbons (Fsp3) is 0.412. The lowest BCUT2D eigenvalue weighted by atomic mass is 10.0. The Balaban J connectivity index is 1.82. The van der Waals surface area contributed by atoms with E-state index in [4.69, 9.17) is 38.4 Å². The highest BCUT2D eigenvalue weighted by Crippen LogP contribution is 2.36. The van der Waals surface area contributed by atoms with Gasteiger partial charge in [-0.2, -0.15) is 5.10 Å². The van der Waals surface area contributed by atoms with Crippen LogP contribution in [0.15, 0.2) is 36.9 Å². The van der Waals surface area contributed by atoms with Crippen molar-refractivity contribution in [3.63, 3.8) is 0 Å². The van der Waals surface area contributed by atoms with Gasteiger partial charge in [0.25, 0.3) is 0 Å². The van der Waals surface area contributed by atoms with Gasteiger partial charge in [-0.05, 0) is 30.8 Å². The zero-order valence-electron chi connectivity index (χ0n) is 13.1. The zero-order valence-corrected chi connectivity index (χ0v) is 14.7. The third-order valence-corrected chi connectivity index (χ3v) is 5.26. The van der Waals surface area contributed by atoms with Crippen LogP contribution >= 0.6 is 23.8 Å². The Kier molecular flexibility index (Phi) is 4.30. The van der Waals surface area contributed by atoms with Crippen LogP contribution < -0.4 is 0 Å². The Morgan fingerprint density at radius 1 is 1.38 bits per heavy atom. The number of halogens is 1. The van der Waals surface area contributed by atoms with Crippen molar-refractivity contribution in [1.82, 2.24) is 14.3 Å². The fourth-order valence-corrected chi connectivity index (χ4v) is 3.92. The maximum Gasteiger partial charge on any atom is 0.198 e. The Bertz CT molecular complexity index is 831. The Morgan fingerprint density at radius 2 is 2.21 bits per heavy atom. The summed E-state index contributed by atoms with van der Waals surface area (Å²) in [5, 5.41) is 5.46. The van der Waals surface area contributed by atoms with E-state index >= 15 is 0 Å². The van der Waals surface area contributed by atoms with E-state index in [0.29, 0.717) is 22.9 Å². The van der Waals surface area contributed by atoms with Crippen molar-refractivity contribution in [2.75, 3.05) is 6.61 Å². The van der Waals surface area contributed by atoms with Gasteiger partial charge in [0.1, 0.15) is 6.10 Å². The average Bonchev–Trinajstić information content (AvgIpc) is 3.11. The van der Waals surface area contributed by atoms with Gasteiger partial charge in [0.2, 0.25) is 0 Å². The SMILES string of the molecule is C=CCn1c(-c2ccccc2Cl)nn([C@@H]2CC[C@@H]3OC[C@H]2O3)c1=S. The molecule has 0 radical (unpaired) electrons. The highest BCUT2D eigenvalue weighted by Gasteiger charge is 2.40. The molecular formula is C17H18ClN3O2S. The van der Waals surface area contributed by atoms with Gasteiger partial charge >= 0.3 is 0 Å². The number of hydrogen-bond acceptors (Lipinski definition) is 4. The van der Waals surface area contributed by atoms with Gasteiger partial charge in [-0.1, -0.05) is 29.8 Å². The number of nitrogens with zero attached hydrogens (tertiary/aromatic N) is 3. The number of rotatable bonds is 4. The summed E-state index contributed by atoms with van der Waals surface area (Å²) in [7, 11) is 0. The quantitative estimate of drug-likeness (QED) is 0.608. The van der Waals surface area contributed by atoms with Crippen LogP contribution in [0.2, 0.25) is 5.02 Å². The lowest BCUT2D eigenvalue weighted by Crippen LogP contribution is -2.32. The molecule has 126 valence electrons. The van der Waals surface area contributed by atoms with E-state index in [2.05, 4.69) is 6.58 Å². The van der Waals surface area contributed by atoms with Crippen LogP contribution in [-0.2, 0) is 16.0 Å². The van der Waals surface area contributed by atoms with Crippen molar-refractivity contribution < 1.29 is 9.47 Å². The third-order valence-electron chi connectivity index (χ3n) is 4.53. The third kappa shape index (κ3) is 2.63. The maximum atomic E-state index is 6.37. The van der Waals surface area contributed by atoms with E-state index in [1.165, 1.54) is 0 Å². The predicted molar refractivity (Wildman–Crippen MR) is 94.6 cm³/mol. The Morgan fingerprint density at radius 3 is 3.00 bits per heavy atom. The number of benzene rings is 1. The highest BCUT2D eigenvalue weighted by molar-refractivity contribution is 7.71. The molecule has 0 saturated carbocycles. The van der Waals surface area contributed by atoms with Gasteiger partial charge < -0.3 is 9.47 Å². The molecule has 4 rings (SSSR count). The van der Waals surface area contributed by atoms with Crippen LogP contribution in [-0.4, -0.2) is 33.3 Å². The second kappa shape index (κ2) is 6.44. The molecule has 2 aliphatic rings. The molecule has 0 unspecified atom stereocenters. The molecular weight excluding hydrogens is 346 g/mol. The minimum absolute atomic E-state index is 0.00151. The van der Waals surface area contributed by atoms with Crippen LogP contribution in [0.1, 0.15) is 18.9 Å². The maximum absolute atomic E-state index is 6.37. The molecule has 3 atom stereocenters. The molecule has 1 aromatic heterocycles. The molecule has 0 spiro atoms. The van der Waals surface area contributed by atoms with Gasteiger partial charge in [-0.15, -0.1) is 6.58 Å². The molecule has 2 saturated heterocycles. The molecule has 7 heteroatoms. The van der Waals surface area contributed by atoms with Gasteiger partial charge in [0.05, 0.1) is 17.7 Å².